The minimum absolute atomic E-state index is 0. The molecule has 2 heterocycles. The number of anilines is 1. The summed E-state index contributed by atoms with van der Waals surface area (Å²) in [5.41, 5.74) is 3.01. The van der Waals surface area contributed by atoms with Crippen LogP contribution in [0.1, 0.15) is 28.9 Å². The smallest absolute Gasteiger partial charge is 0.274 e. The Labute approximate surface area is 179 Å². The van der Waals surface area contributed by atoms with Gasteiger partial charge < -0.3 is 14.8 Å². The SMILES string of the molecule is Cl.O=C(c1ccc[nH]1)N(c1ccccc1)C1CCN(CCc2ccccc2)CC1. The number of amides is 1. The molecule has 1 fully saturated rings. The Balaban J connectivity index is 0.00000240. The third-order valence-corrected chi connectivity index (χ3v) is 5.56. The molecular weight excluding hydrogens is 382 g/mol. The molecule has 0 saturated carbocycles. The number of nitrogens with zero attached hydrogens (tertiary/aromatic N) is 2. The fourth-order valence-corrected chi connectivity index (χ4v) is 4.01. The van der Waals surface area contributed by atoms with E-state index in [0.29, 0.717) is 5.69 Å². The standard InChI is InChI=1S/C24H27N3O.ClH/c28-24(23-12-7-16-25-23)27(21-10-5-2-6-11-21)22-14-18-26(19-15-22)17-13-20-8-3-1-4-9-20;/h1-12,16,22,25H,13-15,17-19H2;1H. The Bertz CT molecular complexity index is 860. The molecule has 0 atom stereocenters. The number of piperidine rings is 1. The molecule has 1 N–H and O–H groups in total. The molecule has 4 rings (SSSR count). The highest BCUT2D eigenvalue weighted by atomic mass is 35.5. The molecule has 1 amide bonds. The molecular formula is C24H28ClN3O. The van der Waals surface area contributed by atoms with Gasteiger partial charge in [-0.05, 0) is 49.1 Å². The number of hydrogen-bond donors (Lipinski definition) is 1. The zero-order valence-electron chi connectivity index (χ0n) is 16.5. The summed E-state index contributed by atoms with van der Waals surface area (Å²) in [6.07, 6.45) is 4.88. The van der Waals surface area contributed by atoms with Crippen LogP contribution >= 0.6 is 12.4 Å². The third kappa shape index (κ3) is 5.28. The highest BCUT2D eigenvalue weighted by Gasteiger charge is 2.30. The molecule has 152 valence electrons. The number of rotatable bonds is 6. The van der Waals surface area contributed by atoms with Crippen LogP contribution in [-0.2, 0) is 6.42 Å². The first-order chi connectivity index (χ1) is 13.8. The Morgan fingerprint density at radius 1 is 0.931 bits per heavy atom. The Morgan fingerprint density at radius 2 is 1.59 bits per heavy atom. The fraction of sp³-hybridized carbons (Fsp3) is 0.292. The molecule has 0 spiro atoms. The van der Waals surface area contributed by atoms with Gasteiger partial charge in [-0.3, -0.25) is 4.79 Å². The minimum Gasteiger partial charge on any atom is -0.357 e. The van der Waals surface area contributed by atoms with Crippen molar-refractivity contribution in [2.75, 3.05) is 24.5 Å². The number of likely N-dealkylation sites (tertiary alicyclic amines) is 1. The van der Waals surface area contributed by atoms with E-state index in [4.69, 9.17) is 0 Å². The zero-order chi connectivity index (χ0) is 19.2. The van der Waals surface area contributed by atoms with Crippen LogP contribution < -0.4 is 4.90 Å². The van der Waals surface area contributed by atoms with Crippen molar-refractivity contribution in [3.63, 3.8) is 0 Å². The van der Waals surface area contributed by atoms with Crippen LogP contribution in [0.15, 0.2) is 79.0 Å². The van der Waals surface area contributed by atoms with Crippen LogP contribution in [0.5, 0.6) is 0 Å². The molecule has 1 saturated heterocycles. The van der Waals surface area contributed by atoms with E-state index >= 15 is 0 Å². The number of hydrogen-bond acceptors (Lipinski definition) is 2. The van der Waals surface area contributed by atoms with Crippen LogP contribution in [0.25, 0.3) is 0 Å². The van der Waals surface area contributed by atoms with Crippen molar-refractivity contribution >= 4 is 24.0 Å². The summed E-state index contributed by atoms with van der Waals surface area (Å²) in [6.45, 7) is 3.13. The number of H-pyrrole nitrogens is 1. The fourth-order valence-electron chi connectivity index (χ4n) is 4.01. The van der Waals surface area contributed by atoms with Gasteiger partial charge in [0.05, 0.1) is 0 Å². The maximum atomic E-state index is 13.2. The summed E-state index contributed by atoms with van der Waals surface area (Å²) in [5, 5.41) is 0. The van der Waals surface area contributed by atoms with Crippen molar-refractivity contribution in [3.05, 3.63) is 90.3 Å². The second-order valence-corrected chi connectivity index (χ2v) is 7.40. The molecule has 1 aliphatic rings. The Hall–Kier alpha value is -2.56. The summed E-state index contributed by atoms with van der Waals surface area (Å²) in [7, 11) is 0. The lowest BCUT2D eigenvalue weighted by Gasteiger charge is -2.38. The number of aromatic nitrogens is 1. The number of carbonyl (C=O) groups is 1. The monoisotopic (exact) mass is 409 g/mol. The van der Waals surface area contributed by atoms with Gasteiger partial charge in [0.2, 0.25) is 0 Å². The van der Waals surface area contributed by atoms with Gasteiger partial charge >= 0.3 is 0 Å². The largest absolute Gasteiger partial charge is 0.357 e. The summed E-state index contributed by atoms with van der Waals surface area (Å²) in [5.74, 6) is 0.0546. The molecule has 0 aliphatic carbocycles. The molecule has 0 bridgehead atoms. The first kappa shape index (κ1) is 21.2. The van der Waals surface area contributed by atoms with E-state index in [-0.39, 0.29) is 24.4 Å². The summed E-state index contributed by atoms with van der Waals surface area (Å²) in [6, 6.07) is 24.7. The molecule has 29 heavy (non-hydrogen) atoms. The lowest BCUT2D eigenvalue weighted by atomic mass is 10.0. The maximum absolute atomic E-state index is 13.2. The van der Waals surface area contributed by atoms with Crippen LogP contribution in [-0.4, -0.2) is 41.5 Å². The van der Waals surface area contributed by atoms with Gasteiger partial charge in [-0.25, -0.2) is 0 Å². The number of nitrogens with one attached hydrogen (secondary N) is 1. The second kappa shape index (κ2) is 10.3. The van der Waals surface area contributed by atoms with Crippen LogP contribution in [0.3, 0.4) is 0 Å². The van der Waals surface area contributed by atoms with Gasteiger partial charge in [0.15, 0.2) is 0 Å². The van der Waals surface area contributed by atoms with Gasteiger partial charge in [-0.2, -0.15) is 0 Å². The first-order valence-electron chi connectivity index (χ1n) is 10.1. The van der Waals surface area contributed by atoms with E-state index < -0.39 is 0 Å². The van der Waals surface area contributed by atoms with Crippen molar-refractivity contribution in [1.82, 2.24) is 9.88 Å². The molecule has 0 radical (unpaired) electrons. The number of benzene rings is 2. The lowest BCUT2D eigenvalue weighted by Crippen LogP contribution is -2.48. The minimum atomic E-state index is 0. The second-order valence-electron chi connectivity index (χ2n) is 7.40. The predicted octanol–water partition coefficient (Wildman–Crippen LogP) is 4.79. The number of para-hydroxylation sites is 1. The van der Waals surface area contributed by atoms with Crippen molar-refractivity contribution in [2.24, 2.45) is 0 Å². The van der Waals surface area contributed by atoms with Gasteiger partial charge in [0.1, 0.15) is 5.69 Å². The first-order valence-corrected chi connectivity index (χ1v) is 10.1. The van der Waals surface area contributed by atoms with Crippen LogP contribution in [0.2, 0.25) is 0 Å². The van der Waals surface area contributed by atoms with E-state index in [9.17, 15) is 4.79 Å². The van der Waals surface area contributed by atoms with E-state index in [0.717, 1.165) is 44.6 Å². The van der Waals surface area contributed by atoms with Crippen LogP contribution in [0.4, 0.5) is 5.69 Å². The lowest BCUT2D eigenvalue weighted by molar-refractivity contribution is 0.0956. The number of carbonyl (C=O) groups excluding carboxylic acids is 1. The highest BCUT2D eigenvalue weighted by Crippen LogP contribution is 2.25. The molecule has 5 heteroatoms. The zero-order valence-corrected chi connectivity index (χ0v) is 17.4. The van der Waals surface area contributed by atoms with Gasteiger partial charge in [-0.1, -0.05) is 48.5 Å². The predicted molar refractivity (Wildman–Crippen MR) is 121 cm³/mol. The molecule has 2 aromatic carbocycles. The molecule has 1 aliphatic heterocycles. The molecule has 0 unspecified atom stereocenters. The van der Waals surface area contributed by atoms with Crippen molar-refractivity contribution in [1.29, 1.82) is 0 Å². The summed E-state index contributed by atoms with van der Waals surface area (Å²) in [4.78, 5) is 20.8. The molecule has 1 aromatic heterocycles. The van der Waals surface area contributed by atoms with Crippen molar-refractivity contribution in [2.45, 2.75) is 25.3 Å². The quantitative estimate of drug-likeness (QED) is 0.635. The molecule has 4 nitrogen and oxygen atoms in total. The van der Waals surface area contributed by atoms with E-state index in [1.54, 1.807) is 0 Å². The van der Waals surface area contributed by atoms with Crippen molar-refractivity contribution < 1.29 is 4.79 Å². The van der Waals surface area contributed by atoms with E-state index in [1.807, 2.05) is 53.6 Å². The van der Waals surface area contributed by atoms with Crippen molar-refractivity contribution in [3.8, 4) is 0 Å². The average Bonchev–Trinajstić information content (AvgIpc) is 3.30. The van der Waals surface area contributed by atoms with Gasteiger partial charge in [0, 0.05) is 37.6 Å². The third-order valence-electron chi connectivity index (χ3n) is 5.56. The number of aromatic amines is 1. The maximum Gasteiger partial charge on any atom is 0.274 e. The normalized spacial score (nSPS) is 14.9. The van der Waals surface area contributed by atoms with E-state index in [1.165, 1.54) is 5.56 Å². The highest BCUT2D eigenvalue weighted by molar-refractivity contribution is 6.05. The molecule has 3 aromatic rings. The van der Waals surface area contributed by atoms with Gasteiger partial charge in [0.25, 0.3) is 5.91 Å². The van der Waals surface area contributed by atoms with E-state index in [2.05, 4.69) is 40.2 Å². The summed E-state index contributed by atoms with van der Waals surface area (Å²) >= 11 is 0. The number of halogens is 1. The summed E-state index contributed by atoms with van der Waals surface area (Å²) < 4.78 is 0. The Kier molecular flexibility index (Phi) is 7.50. The van der Waals surface area contributed by atoms with Crippen LogP contribution in [0, 0.1) is 0 Å². The average molecular weight is 410 g/mol. The Morgan fingerprint density at radius 3 is 2.21 bits per heavy atom. The topological polar surface area (TPSA) is 39.3 Å². The van der Waals surface area contributed by atoms with Gasteiger partial charge in [-0.15, -0.1) is 12.4 Å².